The zero-order valence-electron chi connectivity index (χ0n) is 11.3. The first-order chi connectivity index (χ1) is 8.06. The van der Waals surface area contributed by atoms with Crippen LogP contribution in [0.3, 0.4) is 0 Å². The number of carbonyl (C=O) groups is 1. The second kappa shape index (κ2) is 4.70. The van der Waals surface area contributed by atoms with Crippen LogP contribution in [-0.4, -0.2) is 43.2 Å². The molecule has 0 saturated heterocycles. The molecule has 2 unspecified atom stereocenters. The van der Waals surface area contributed by atoms with Crippen molar-refractivity contribution in [2.24, 2.45) is 5.73 Å². The third-order valence-corrected chi connectivity index (χ3v) is 5.25. The van der Waals surface area contributed by atoms with Gasteiger partial charge in [0.2, 0.25) is 0 Å². The van der Waals surface area contributed by atoms with Crippen LogP contribution in [0.2, 0.25) is 0 Å². The van der Waals surface area contributed by atoms with E-state index in [1.807, 2.05) is 0 Å². The Morgan fingerprint density at radius 1 is 1.50 bits per heavy atom. The Labute approximate surface area is 108 Å². The number of hydrogen-bond acceptors (Lipinski definition) is 5. The average molecular weight is 278 g/mol. The van der Waals surface area contributed by atoms with Crippen molar-refractivity contribution in [3.63, 3.8) is 0 Å². The lowest BCUT2D eigenvalue weighted by Crippen LogP contribution is -2.48. The molecule has 0 aliphatic heterocycles. The number of ether oxygens (including phenoxy) is 1. The average Bonchev–Trinajstić information content (AvgIpc) is 2.91. The summed E-state index contributed by atoms with van der Waals surface area (Å²) in [6, 6.07) is 0. The highest BCUT2D eigenvalue weighted by Gasteiger charge is 2.61. The van der Waals surface area contributed by atoms with Crippen LogP contribution < -0.4 is 11.1 Å². The van der Waals surface area contributed by atoms with Crippen LogP contribution in [0.5, 0.6) is 0 Å². The van der Waals surface area contributed by atoms with Gasteiger partial charge in [-0.15, -0.1) is 0 Å². The number of alkyl carbamates (subject to hydrolysis) is 1. The Morgan fingerprint density at radius 3 is 2.44 bits per heavy atom. The van der Waals surface area contributed by atoms with Crippen LogP contribution in [-0.2, 0) is 14.6 Å². The summed E-state index contributed by atoms with van der Waals surface area (Å²) in [7, 11) is -3.18. The zero-order valence-corrected chi connectivity index (χ0v) is 12.1. The Morgan fingerprint density at radius 2 is 2.06 bits per heavy atom. The maximum absolute atomic E-state index is 11.8. The molecule has 6 nitrogen and oxygen atoms in total. The fraction of sp³-hybridized carbons (Fsp3) is 0.909. The van der Waals surface area contributed by atoms with Gasteiger partial charge in [0.25, 0.3) is 0 Å². The summed E-state index contributed by atoms with van der Waals surface area (Å²) in [5.74, 6) is 0.0510. The van der Waals surface area contributed by atoms with E-state index in [0.717, 1.165) is 0 Å². The van der Waals surface area contributed by atoms with E-state index in [-0.39, 0.29) is 12.3 Å². The number of amides is 1. The summed E-state index contributed by atoms with van der Waals surface area (Å²) in [5.41, 5.74) is 4.12. The summed E-state index contributed by atoms with van der Waals surface area (Å²) in [6.45, 7) is 6.91. The molecule has 3 N–H and O–H groups in total. The van der Waals surface area contributed by atoms with E-state index in [2.05, 4.69) is 5.32 Å². The van der Waals surface area contributed by atoms with Crippen molar-refractivity contribution in [2.45, 2.75) is 50.5 Å². The molecule has 106 valence electrons. The number of sulfone groups is 1. The smallest absolute Gasteiger partial charge is 0.408 e. The van der Waals surface area contributed by atoms with Gasteiger partial charge in [-0.25, -0.2) is 13.2 Å². The van der Waals surface area contributed by atoms with Gasteiger partial charge >= 0.3 is 6.09 Å². The SMILES string of the molecule is CCS(=O)(=O)C1CC1(CN)NC(=O)OC(C)(C)C. The van der Waals surface area contributed by atoms with Crippen molar-refractivity contribution < 1.29 is 17.9 Å². The highest BCUT2D eigenvalue weighted by Crippen LogP contribution is 2.41. The molecular weight excluding hydrogens is 256 g/mol. The normalized spacial score (nSPS) is 27.7. The van der Waals surface area contributed by atoms with Crippen molar-refractivity contribution in [3.8, 4) is 0 Å². The summed E-state index contributed by atoms with van der Waals surface area (Å²) in [6.07, 6.45) is -0.263. The number of carbonyl (C=O) groups excluding carboxylic acids is 1. The molecule has 0 bridgehead atoms. The number of nitrogens with one attached hydrogen (secondary N) is 1. The summed E-state index contributed by atoms with van der Waals surface area (Å²) >= 11 is 0. The van der Waals surface area contributed by atoms with Crippen LogP contribution in [0.4, 0.5) is 4.79 Å². The van der Waals surface area contributed by atoms with Crippen molar-refractivity contribution in [1.29, 1.82) is 0 Å². The minimum Gasteiger partial charge on any atom is -0.444 e. The topological polar surface area (TPSA) is 98.5 Å². The maximum atomic E-state index is 11.8. The predicted octanol–water partition coefficient (Wildman–Crippen LogP) is 0.416. The molecule has 0 aromatic carbocycles. The van der Waals surface area contributed by atoms with E-state index in [1.54, 1.807) is 27.7 Å². The van der Waals surface area contributed by atoms with Gasteiger partial charge in [-0.3, -0.25) is 0 Å². The van der Waals surface area contributed by atoms with Crippen LogP contribution in [0, 0.1) is 0 Å². The largest absolute Gasteiger partial charge is 0.444 e. The second-order valence-corrected chi connectivity index (χ2v) is 8.10. The summed E-state index contributed by atoms with van der Waals surface area (Å²) in [5, 5.41) is 2.01. The van der Waals surface area contributed by atoms with Gasteiger partial charge in [-0.2, -0.15) is 0 Å². The molecule has 1 fully saturated rings. The van der Waals surface area contributed by atoms with E-state index in [4.69, 9.17) is 10.5 Å². The number of rotatable bonds is 4. The lowest BCUT2D eigenvalue weighted by molar-refractivity contribution is 0.0499. The second-order valence-electron chi connectivity index (χ2n) is 5.63. The molecule has 1 aliphatic carbocycles. The highest BCUT2D eigenvalue weighted by atomic mass is 32.2. The molecule has 0 heterocycles. The number of hydrogen-bond donors (Lipinski definition) is 2. The quantitative estimate of drug-likeness (QED) is 0.776. The Balaban J connectivity index is 2.69. The van der Waals surface area contributed by atoms with E-state index in [0.29, 0.717) is 6.42 Å². The van der Waals surface area contributed by atoms with Crippen LogP contribution in [0.15, 0.2) is 0 Å². The summed E-state index contributed by atoms with van der Waals surface area (Å²) < 4.78 is 28.6. The van der Waals surface area contributed by atoms with Gasteiger partial charge in [-0.05, 0) is 27.2 Å². The highest BCUT2D eigenvalue weighted by molar-refractivity contribution is 7.92. The van der Waals surface area contributed by atoms with E-state index in [1.165, 1.54) is 0 Å². The molecule has 0 radical (unpaired) electrons. The molecule has 2 atom stereocenters. The molecule has 1 amide bonds. The fourth-order valence-electron chi connectivity index (χ4n) is 1.85. The third-order valence-electron chi connectivity index (χ3n) is 2.96. The minimum absolute atomic E-state index is 0.0510. The molecule has 1 saturated carbocycles. The number of nitrogens with two attached hydrogens (primary N) is 1. The van der Waals surface area contributed by atoms with Gasteiger partial charge in [0.05, 0.1) is 10.8 Å². The molecule has 1 aliphatic rings. The van der Waals surface area contributed by atoms with Gasteiger partial charge in [0.15, 0.2) is 9.84 Å². The molecule has 0 aromatic rings. The first-order valence-corrected chi connectivity index (χ1v) is 7.70. The minimum atomic E-state index is -3.18. The van der Waals surface area contributed by atoms with Gasteiger partial charge in [0, 0.05) is 12.3 Å². The van der Waals surface area contributed by atoms with E-state index in [9.17, 15) is 13.2 Å². The lowest BCUT2D eigenvalue weighted by Gasteiger charge is -2.23. The van der Waals surface area contributed by atoms with E-state index >= 15 is 0 Å². The Hall–Kier alpha value is -0.820. The maximum Gasteiger partial charge on any atom is 0.408 e. The molecule has 0 spiro atoms. The van der Waals surface area contributed by atoms with Crippen LogP contribution >= 0.6 is 0 Å². The third kappa shape index (κ3) is 3.35. The molecule has 1 rings (SSSR count). The van der Waals surface area contributed by atoms with Crippen molar-refractivity contribution in [1.82, 2.24) is 5.32 Å². The van der Waals surface area contributed by atoms with Crippen LogP contribution in [0.1, 0.15) is 34.1 Å². The molecule has 0 aromatic heterocycles. The molecule has 18 heavy (non-hydrogen) atoms. The predicted molar refractivity (Wildman–Crippen MR) is 69.0 cm³/mol. The first kappa shape index (κ1) is 15.2. The Kier molecular flexibility index (Phi) is 3.97. The lowest BCUT2D eigenvalue weighted by atomic mass is 10.2. The fourth-order valence-corrected chi connectivity index (χ4v) is 3.64. The monoisotopic (exact) mass is 278 g/mol. The standard InChI is InChI=1S/C11H22N2O4S/c1-5-18(15,16)8-6-11(8,7-12)13-9(14)17-10(2,3)4/h8H,5-7,12H2,1-4H3,(H,13,14). The van der Waals surface area contributed by atoms with Crippen molar-refractivity contribution >= 4 is 15.9 Å². The van der Waals surface area contributed by atoms with Gasteiger partial charge < -0.3 is 15.8 Å². The van der Waals surface area contributed by atoms with Gasteiger partial charge in [0.1, 0.15) is 5.60 Å². The van der Waals surface area contributed by atoms with Crippen molar-refractivity contribution in [3.05, 3.63) is 0 Å². The molecular formula is C11H22N2O4S. The Bertz CT molecular complexity index is 427. The van der Waals surface area contributed by atoms with Crippen LogP contribution in [0.25, 0.3) is 0 Å². The van der Waals surface area contributed by atoms with E-state index < -0.39 is 32.3 Å². The van der Waals surface area contributed by atoms with Crippen molar-refractivity contribution in [2.75, 3.05) is 12.3 Å². The first-order valence-electron chi connectivity index (χ1n) is 5.99. The summed E-state index contributed by atoms with van der Waals surface area (Å²) in [4.78, 5) is 11.7. The van der Waals surface area contributed by atoms with Gasteiger partial charge in [-0.1, -0.05) is 6.92 Å². The zero-order chi connectivity index (χ0) is 14.2. The molecule has 7 heteroatoms.